The molecule has 0 N–H and O–H groups in total. The van der Waals surface area contributed by atoms with Crippen LogP contribution >= 0.6 is 0 Å². The SMILES string of the molecule is C.CC(C)N(C)C(C)(C)C1CCC1.CC(C)N(C)C(C)C1CCC1.CC(C)N(C)C1(C)COC1.CC(C)N(C)C1CCC1.CC(C)N(C)C1CCC1.CC(C)N(C)C1COC1.CC(C)N(C)CC1(C)CCC1.CC(C)N(C)CC1(C)CCC1.CC(C)N(C)CC1CCC1.CC(C)N(C)CC1CCC1. The van der Waals surface area contributed by atoms with Gasteiger partial charge < -0.3 is 43.8 Å². The minimum absolute atomic E-state index is 0. The van der Waals surface area contributed by atoms with Crippen LogP contribution in [0, 0.1) is 34.5 Å². The van der Waals surface area contributed by atoms with E-state index in [1.807, 2.05) is 0 Å². The van der Waals surface area contributed by atoms with Gasteiger partial charge in [0.15, 0.2) is 0 Å². The van der Waals surface area contributed by atoms with Crippen LogP contribution in [-0.2, 0) is 9.47 Å². The van der Waals surface area contributed by atoms with Crippen LogP contribution in [0.1, 0.15) is 342 Å². The van der Waals surface area contributed by atoms with Gasteiger partial charge in [-0.3, -0.25) is 14.7 Å². The van der Waals surface area contributed by atoms with Crippen molar-refractivity contribution >= 4 is 0 Å². The van der Waals surface area contributed by atoms with Gasteiger partial charge in [-0.2, -0.15) is 0 Å². The molecule has 8 aliphatic carbocycles. The Kier molecular flexibility index (Phi) is 51.0. The third-order valence-corrected chi connectivity index (χ3v) is 27.9. The molecule has 620 valence electrons. The summed E-state index contributed by atoms with van der Waals surface area (Å²) in [5.74, 6) is 3.96. The molecular weight excluding hydrogens is 1270 g/mol. The van der Waals surface area contributed by atoms with E-state index in [1.165, 1.54) is 180 Å². The first-order valence-corrected chi connectivity index (χ1v) is 43.6. The molecule has 0 aromatic heterocycles. The number of likely N-dealkylation sites (N-methyl/N-ethyl adjacent to an activating group) is 2. The van der Waals surface area contributed by atoms with Crippen molar-refractivity contribution in [3.8, 4) is 0 Å². The summed E-state index contributed by atoms with van der Waals surface area (Å²) in [6, 6.07) is 10.2. The summed E-state index contributed by atoms with van der Waals surface area (Å²) >= 11 is 0. The zero-order valence-electron chi connectivity index (χ0n) is 76.3. The molecule has 0 aromatic carbocycles. The van der Waals surface area contributed by atoms with Crippen LogP contribution < -0.4 is 0 Å². The second-order valence-electron chi connectivity index (χ2n) is 39.5. The Morgan fingerprint density at radius 1 is 0.350 bits per heavy atom. The molecule has 0 spiro atoms. The van der Waals surface area contributed by atoms with E-state index in [1.54, 1.807) is 0 Å². The van der Waals surface area contributed by atoms with Crippen molar-refractivity contribution in [3.63, 3.8) is 0 Å². The molecule has 103 heavy (non-hydrogen) atoms. The van der Waals surface area contributed by atoms with Gasteiger partial charge in [0.1, 0.15) is 0 Å². The van der Waals surface area contributed by atoms with E-state index in [4.69, 9.17) is 9.47 Å². The summed E-state index contributed by atoms with van der Waals surface area (Å²) < 4.78 is 10.2. The molecular formula is C91H194N10O2. The molecule has 2 heterocycles. The molecule has 2 aliphatic heterocycles. The van der Waals surface area contributed by atoms with Gasteiger partial charge in [0.2, 0.25) is 0 Å². The van der Waals surface area contributed by atoms with Gasteiger partial charge in [0.25, 0.3) is 0 Å². The third-order valence-electron chi connectivity index (χ3n) is 27.9. The predicted octanol–water partition coefficient (Wildman–Crippen LogP) is 20.9. The number of ether oxygens (including phenoxy) is 2. The zero-order chi connectivity index (χ0) is 78.2. The largest absolute Gasteiger partial charge is 0.378 e. The minimum atomic E-state index is 0. The van der Waals surface area contributed by atoms with Crippen LogP contribution in [0.4, 0.5) is 0 Å². The van der Waals surface area contributed by atoms with E-state index in [9.17, 15) is 0 Å². The summed E-state index contributed by atoms with van der Waals surface area (Å²) in [5.41, 5.74) is 2.03. The summed E-state index contributed by atoms with van der Waals surface area (Å²) in [6.07, 6.45) is 34.7. The Morgan fingerprint density at radius 2 is 0.670 bits per heavy atom. The fraction of sp³-hybridized carbons (Fsp3) is 1.00. The Hall–Kier alpha value is -0.480. The average Bonchev–Trinajstić information content (AvgIpc) is 0.816. The van der Waals surface area contributed by atoms with Crippen molar-refractivity contribution in [2.75, 3.05) is 123 Å². The monoisotopic (exact) mass is 1460 g/mol. The number of rotatable bonds is 26. The normalized spacial score (nSPS) is 21.2. The van der Waals surface area contributed by atoms with E-state index in [0.29, 0.717) is 64.2 Å². The lowest BCUT2D eigenvalue weighted by Gasteiger charge is -2.48. The van der Waals surface area contributed by atoms with Crippen LogP contribution in [-0.4, -0.2) is 268 Å². The second kappa shape index (κ2) is 51.2. The van der Waals surface area contributed by atoms with E-state index < -0.39 is 0 Å². The standard InChI is InChI=1S/C11H23N.3C10H21N.2C9H19N.C8H17NO.2C8H17N.C7H15NO.CH4/c1-9(2)12(5)11(3,4)10-7-6-8-10;2*1-9(2)11(4)8-10(3)6-5-7-10;1-8(2)11(4)9(3)10-6-5-7-10;2*1-8(2)10(3)7-9-5-4-6-9;1-7(2)9(4)8(3)5-10-6-8;2*1-7(2)9(3)8-5-4-6-8;1-6(2)8(3)7-4-9-5-7;/h9-10H,6-8H2,1-5H3;2*9H,5-8H2,1-4H3;8-10H,5-7H2,1-4H3;2*8-9H,4-7H2,1-3H3;7H,5-6H2,1-4H3;2*7-8H,4-6H2,1-3H3;6-7H,4-5H2,1-3H3;1H4. The van der Waals surface area contributed by atoms with Gasteiger partial charge in [-0.05, 0) is 374 Å². The molecule has 0 amide bonds. The lowest BCUT2D eigenvalue weighted by Crippen LogP contribution is -2.60. The van der Waals surface area contributed by atoms with Gasteiger partial charge in [-0.25, -0.2) is 0 Å². The molecule has 10 rings (SSSR count). The van der Waals surface area contributed by atoms with Crippen molar-refractivity contribution in [2.24, 2.45) is 34.5 Å². The maximum atomic E-state index is 5.17. The van der Waals surface area contributed by atoms with Crippen LogP contribution in [0.25, 0.3) is 0 Å². The summed E-state index contributed by atoms with van der Waals surface area (Å²) in [7, 11) is 22.2. The number of hydrogen-bond acceptors (Lipinski definition) is 12. The predicted molar refractivity (Wildman–Crippen MR) is 461 cm³/mol. The Bertz CT molecular complexity index is 1910. The highest BCUT2D eigenvalue weighted by Crippen LogP contribution is 2.43. The van der Waals surface area contributed by atoms with Crippen molar-refractivity contribution in [2.45, 2.75) is 437 Å². The summed E-state index contributed by atoms with van der Waals surface area (Å²) in [5, 5.41) is 0. The van der Waals surface area contributed by atoms with E-state index in [0.717, 1.165) is 92.4 Å². The molecule has 2 saturated heterocycles. The van der Waals surface area contributed by atoms with E-state index in [-0.39, 0.29) is 7.43 Å². The summed E-state index contributed by atoms with van der Waals surface area (Å²) in [6.45, 7) is 68.1. The Morgan fingerprint density at radius 3 is 0.816 bits per heavy atom. The molecule has 10 aliphatic rings. The molecule has 1 unspecified atom stereocenters. The topological polar surface area (TPSA) is 50.9 Å². The van der Waals surface area contributed by atoms with Crippen LogP contribution in [0.15, 0.2) is 0 Å². The average molecular weight is 1460 g/mol. The van der Waals surface area contributed by atoms with Gasteiger partial charge >= 0.3 is 0 Å². The van der Waals surface area contributed by atoms with Crippen molar-refractivity contribution in [1.29, 1.82) is 0 Å². The lowest BCUT2D eigenvalue weighted by molar-refractivity contribution is -0.130. The minimum Gasteiger partial charge on any atom is -0.378 e. The van der Waals surface area contributed by atoms with Crippen molar-refractivity contribution in [3.05, 3.63) is 0 Å². The molecule has 0 bridgehead atoms. The van der Waals surface area contributed by atoms with E-state index >= 15 is 0 Å². The molecule has 0 radical (unpaired) electrons. The van der Waals surface area contributed by atoms with Crippen LogP contribution in [0.2, 0.25) is 0 Å². The Balaban J connectivity index is 0.00000112. The number of nitrogens with zero attached hydrogens (tertiary/aromatic N) is 10. The molecule has 1 atom stereocenters. The molecule has 12 nitrogen and oxygen atoms in total. The van der Waals surface area contributed by atoms with Gasteiger partial charge in [-0.15, -0.1) is 0 Å². The second-order valence-corrected chi connectivity index (χ2v) is 39.5. The quantitative estimate of drug-likeness (QED) is 0.0829. The first-order valence-electron chi connectivity index (χ1n) is 43.6. The first-order chi connectivity index (χ1) is 47.3. The van der Waals surface area contributed by atoms with Gasteiger partial charge in [0, 0.05) is 110 Å². The molecule has 8 saturated carbocycles. The van der Waals surface area contributed by atoms with Crippen LogP contribution in [0.5, 0.6) is 0 Å². The zero-order valence-corrected chi connectivity index (χ0v) is 76.3. The maximum Gasteiger partial charge on any atom is 0.0671 e. The van der Waals surface area contributed by atoms with Gasteiger partial charge in [0.05, 0.1) is 38.0 Å². The molecule has 12 heteroatoms. The first kappa shape index (κ1) is 103. The smallest absolute Gasteiger partial charge is 0.0671 e. The van der Waals surface area contributed by atoms with Crippen LogP contribution in [0.3, 0.4) is 0 Å². The van der Waals surface area contributed by atoms with Gasteiger partial charge in [-0.1, -0.05) is 72.6 Å². The fourth-order valence-electron chi connectivity index (χ4n) is 14.4. The van der Waals surface area contributed by atoms with Crippen molar-refractivity contribution < 1.29 is 9.47 Å². The number of hydrogen-bond donors (Lipinski definition) is 0. The summed E-state index contributed by atoms with van der Waals surface area (Å²) in [4.78, 5) is 24.5. The highest BCUT2D eigenvalue weighted by Gasteiger charge is 2.40. The van der Waals surface area contributed by atoms with E-state index in [2.05, 4.69) is 299 Å². The lowest BCUT2D eigenvalue weighted by atomic mass is 9.70. The third kappa shape index (κ3) is 38.5. The maximum absolute atomic E-state index is 5.17. The fourth-order valence-corrected chi connectivity index (χ4v) is 14.4. The molecule has 0 aromatic rings. The molecule has 10 fully saturated rings. The highest BCUT2D eigenvalue weighted by molar-refractivity contribution is 4.94. The van der Waals surface area contributed by atoms with Crippen molar-refractivity contribution in [1.82, 2.24) is 49.0 Å². The Labute approximate surface area is 649 Å². The highest BCUT2D eigenvalue weighted by atomic mass is 16.5.